The molecule has 2 amide bonds. The lowest BCUT2D eigenvalue weighted by molar-refractivity contribution is -0.126. The highest BCUT2D eigenvalue weighted by atomic mass is 35.5. The molecule has 2 aromatic rings. The summed E-state index contributed by atoms with van der Waals surface area (Å²) in [5.41, 5.74) is 1.43. The van der Waals surface area contributed by atoms with Gasteiger partial charge in [-0.1, -0.05) is 53.0 Å². The number of nitrogens with one attached hydrogen (secondary N) is 1. The van der Waals surface area contributed by atoms with Crippen molar-refractivity contribution >= 4 is 52.3 Å². The molecule has 1 saturated heterocycles. The zero-order valence-corrected chi connectivity index (χ0v) is 15.4. The van der Waals surface area contributed by atoms with Crippen LogP contribution in [-0.4, -0.2) is 18.4 Å². The molecule has 3 rings (SSSR count). The number of hydrogen-bond acceptors (Lipinski definition) is 2. The van der Waals surface area contributed by atoms with Crippen LogP contribution in [0.3, 0.4) is 0 Å². The summed E-state index contributed by atoms with van der Waals surface area (Å²) in [5.74, 6) is -0.729. The molecule has 1 heterocycles. The van der Waals surface area contributed by atoms with Crippen molar-refractivity contribution in [1.82, 2.24) is 5.32 Å². The van der Waals surface area contributed by atoms with Crippen LogP contribution in [0.2, 0.25) is 15.1 Å². The molecule has 0 aliphatic carbocycles. The molecule has 0 radical (unpaired) electrons. The van der Waals surface area contributed by atoms with Gasteiger partial charge in [-0.25, -0.2) is 0 Å². The average Bonchev–Trinajstić information content (AvgIpc) is 2.95. The van der Waals surface area contributed by atoms with Crippen LogP contribution in [0.1, 0.15) is 12.0 Å². The van der Waals surface area contributed by atoms with Crippen molar-refractivity contribution in [3.8, 4) is 0 Å². The van der Waals surface area contributed by atoms with Crippen LogP contribution in [0.15, 0.2) is 42.5 Å². The quantitative estimate of drug-likeness (QED) is 0.835. The summed E-state index contributed by atoms with van der Waals surface area (Å²) in [7, 11) is 0. The fourth-order valence-electron chi connectivity index (χ4n) is 2.80. The zero-order chi connectivity index (χ0) is 18.0. The minimum atomic E-state index is -0.423. The van der Waals surface area contributed by atoms with Gasteiger partial charge in [-0.15, -0.1) is 0 Å². The Labute approximate surface area is 160 Å². The first-order chi connectivity index (χ1) is 11.9. The van der Waals surface area contributed by atoms with E-state index in [1.165, 1.54) is 4.90 Å². The van der Waals surface area contributed by atoms with Gasteiger partial charge in [0, 0.05) is 40.3 Å². The maximum Gasteiger partial charge on any atom is 0.227 e. The van der Waals surface area contributed by atoms with E-state index in [0.717, 1.165) is 5.56 Å². The smallest absolute Gasteiger partial charge is 0.227 e. The fraction of sp³-hybridized carbons (Fsp3) is 0.222. The maximum atomic E-state index is 12.4. The number of nitrogens with zero attached hydrogens (tertiary/aromatic N) is 1. The Bertz CT molecular complexity index is 805. The molecule has 1 aliphatic heterocycles. The molecule has 1 fully saturated rings. The summed E-state index contributed by atoms with van der Waals surface area (Å²) < 4.78 is 0. The summed E-state index contributed by atoms with van der Waals surface area (Å²) in [6.07, 6.45) is 0.151. The monoisotopic (exact) mass is 396 g/mol. The van der Waals surface area contributed by atoms with Crippen LogP contribution in [-0.2, 0) is 16.1 Å². The number of carbonyl (C=O) groups is 2. The lowest BCUT2D eigenvalue weighted by Gasteiger charge is -2.17. The van der Waals surface area contributed by atoms with Gasteiger partial charge in [-0.3, -0.25) is 9.59 Å². The molecule has 0 spiro atoms. The van der Waals surface area contributed by atoms with E-state index in [-0.39, 0.29) is 18.2 Å². The largest absolute Gasteiger partial charge is 0.352 e. The molecule has 25 heavy (non-hydrogen) atoms. The number of carbonyl (C=O) groups excluding carboxylic acids is 2. The lowest BCUT2D eigenvalue weighted by atomic mass is 10.1. The molecule has 0 saturated carbocycles. The maximum absolute atomic E-state index is 12.4. The van der Waals surface area contributed by atoms with Crippen molar-refractivity contribution in [2.45, 2.75) is 13.0 Å². The Morgan fingerprint density at radius 3 is 2.48 bits per heavy atom. The highest BCUT2D eigenvalue weighted by molar-refractivity contribution is 6.35. The van der Waals surface area contributed by atoms with Gasteiger partial charge in [0.2, 0.25) is 11.8 Å². The SMILES string of the molecule is O=C(NCc1ccccc1Cl)C1CC(=O)N(c2cc(Cl)cc(Cl)c2)C1. The topological polar surface area (TPSA) is 49.4 Å². The molecule has 1 atom stereocenters. The molecule has 130 valence electrons. The van der Waals surface area contributed by atoms with E-state index in [4.69, 9.17) is 34.8 Å². The highest BCUT2D eigenvalue weighted by Crippen LogP contribution is 2.30. The lowest BCUT2D eigenvalue weighted by Crippen LogP contribution is -2.32. The molecule has 1 aliphatic rings. The Balaban J connectivity index is 1.65. The molecule has 2 aromatic carbocycles. The van der Waals surface area contributed by atoms with Crippen LogP contribution in [0.25, 0.3) is 0 Å². The van der Waals surface area contributed by atoms with Crippen LogP contribution in [0.5, 0.6) is 0 Å². The standard InChI is InChI=1S/C18H15Cl3N2O2/c19-13-6-14(20)8-15(7-13)23-10-12(5-17(23)24)18(25)22-9-11-3-1-2-4-16(11)21/h1-4,6-8,12H,5,9-10H2,(H,22,25). The highest BCUT2D eigenvalue weighted by Gasteiger charge is 2.35. The molecule has 0 aromatic heterocycles. The molecular formula is C18H15Cl3N2O2. The molecular weight excluding hydrogens is 383 g/mol. The molecule has 0 bridgehead atoms. The van der Waals surface area contributed by atoms with Gasteiger partial charge in [0.1, 0.15) is 0 Å². The third kappa shape index (κ3) is 4.27. The minimum absolute atomic E-state index is 0.128. The van der Waals surface area contributed by atoms with E-state index >= 15 is 0 Å². The van der Waals surface area contributed by atoms with Crippen LogP contribution >= 0.6 is 34.8 Å². The molecule has 4 nitrogen and oxygen atoms in total. The Hall–Kier alpha value is -1.75. The molecule has 1 unspecified atom stereocenters. The Kier molecular flexibility index (Phi) is 5.52. The second-order valence-electron chi connectivity index (χ2n) is 5.84. The first-order valence-corrected chi connectivity index (χ1v) is 8.85. The second-order valence-corrected chi connectivity index (χ2v) is 7.12. The van der Waals surface area contributed by atoms with Crippen molar-refractivity contribution in [3.63, 3.8) is 0 Å². The summed E-state index contributed by atoms with van der Waals surface area (Å²) in [6, 6.07) is 12.2. The van der Waals surface area contributed by atoms with Crippen molar-refractivity contribution in [2.24, 2.45) is 5.92 Å². The summed E-state index contributed by atoms with van der Waals surface area (Å²) in [4.78, 5) is 26.2. The number of amides is 2. The average molecular weight is 398 g/mol. The number of rotatable bonds is 4. The van der Waals surface area contributed by atoms with Gasteiger partial charge in [-0.2, -0.15) is 0 Å². The minimum Gasteiger partial charge on any atom is -0.352 e. The first kappa shape index (κ1) is 18.1. The van der Waals surface area contributed by atoms with E-state index in [0.29, 0.717) is 33.8 Å². The van der Waals surface area contributed by atoms with Gasteiger partial charge in [-0.05, 0) is 29.8 Å². The summed E-state index contributed by atoms with van der Waals surface area (Å²) in [5, 5.41) is 4.33. The number of benzene rings is 2. The first-order valence-electron chi connectivity index (χ1n) is 7.71. The van der Waals surface area contributed by atoms with E-state index in [1.54, 1.807) is 24.3 Å². The molecule has 7 heteroatoms. The van der Waals surface area contributed by atoms with Crippen LogP contribution < -0.4 is 10.2 Å². The second kappa shape index (κ2) is 7.65. The van der Waals surface area contributed by atoms with E-state index in [9.17, 15) is 9.59 Å². The summed E-state index contributed by atoms with van der Waals surface area (Å²) >= 11 is 18.1. The predicted molar refractivity (Wildman–Crippen MR) is 100 cm³/mol. The van der Waals surface area contributed by atoms with Crippen molar-refractivity contribution in [1.29, 1.82) is 0 Å². The van der Waals surface area contributed by atoms with Crippen molar-refractivity contribution in [3.05, 3.63) is 63.1 Å². The Morgan fingerprint density at radius 2 is 1.80 bits per heavy atom. The summed E-state index contributed by atoms with van der Waals surface area (Å²) in [6.45, 7) is 0.621. The Morgan fingerprint density at radius 1 is 1.12 bits per heavy atom. The van der Waals surface area contributed by atoms with Gasteiger partial charge in [0.25, 0.3) is 0 Å². The molecule has 1 N–H and O–H groups in total. The number of halogens is 3. The predicted octanol–water partition coefficient (Wildman–Crippen LogP) is 4.32. The van der Waals surface area contributed by atoms with E-state index in [2.05, 4.69) is 5.32 Å². The van der Waals surface area contributed by atoms with E-state index in [1.807, 2.05) is 18.2 Å². The van der Waals surface area contributed by atoms with Gasteiger partial charge >= 0.3 is 0 Å². The fourth-order valence-corrected chi connectivity index (χ4v) is 3.51. The van der Waals surface area contributed by atoms with Crippen molar-refractivity contribution in [2.75, 3.05) is 11.4 Å². The zero-order valence-electron chi connectivity index (χ0n) is 13.1. The van der Waals surface area contributed by atoms with Crippen molar-refractivity contribution < 1.29 is 9.59 Å². The third-order valence-corrected chi connectivity index (χ3v) is 4.87. The van der Waals surface area contributed by atoms with Crippen LogP contribution in [0.4, 0.5) is 5.69 Å². The normalized spacial score (nSPS) is 17.0. The number of hydrogen-bond donors (Lipinski definition) is 1. The number of anilines is 1. The van der Waals surface area contributed by atoms with Gasteiger partial charge < -0.3 is 10.2 Å². The van der Waals surface area contributed by atoms with E-state index < -0.39 is 5.92 Å². The van der Waals surface area contributed by atoms with Gasteiger partial charge in [0.05, 0.1) is 5.92 Å². The van der Waals surface area contributed by atoms with Gasteiger partial charge in [0.15, 0.2) is 0 Å². The van der Waals surface area contributed by atoms with Crippen LogP contribution in [0, 0.1) is 5.92 Å². The third-order valence-electron chi connectivity index (χ3n) is 4.07.